The molecule has 1 aliphatic carbocycles. The molecule has 162 valence electrons. The molecule has 2 fully saturated rings. The monoisotopic (exact) mass is 425 g/mol. The predicted molar refractivity (Wildman–Crippen MR) is 111 cm³/mol. The average molecular weight is 425 g/mol. The van der Waals surface area contributed by atoms with Gasteiger partial charge in [-0.1, -0.05) is 12.1 Å². The lowest BCUT2D eigenvalue weighted by Crippen LogP contribution is -2.57. The molecule has 2 heterocycles. The second-order valence-corrected chi connectivity index (χ2v) is 8.54. The number of carbonyl (C=O) groups excluding carboxylic acids is 2. The molecule has 1 saturated carbocycles. The summed E-state index contributed by atoms with van der Waals surface area (Å²) < 4.78 is 19.2. The normalized spacial score (nSPS) is 23.6. The van der Waals surface area contributed by atoms with Crippen molar-refractivity contribution >= 4 is 17.5 Å². The molecule has 2 N–H and O–H groups in total. The summed E-state index contributed by atoms with van der Waals surface area (Å²) in [5.74, 6) is -0.213. The van der Waals surface area contributed by atoms with Gasteiger partial charge in [0.1, 0.15) is 17.2 Å². The van der Waals surface area contributed by atoms with Crippen molar-refractivity contribution in [2.45, 2.75) is 37.6 Å². The Labute approximate surface area is 179 Å². The number of halogens is 1. The lowest BCUT2D eigenvalue weighted by molar-refractivity contribution is -0.146. The molecule has 2 aromatic carbocycles. The first-order valence-electron chi connectivity index (χ1n) is 10.5. The van der Waals surface area contributed by atoms with Crippen LogP contribution >= 0.6 is 0 Å². The van der Waals surface area contributed by atoms with Gasteiger partial charge in [-0.25, -0.2) is 4.39 Å². The number of fused-ring (bicyclic) bond motifs is 1. The smallest absolute Gasteiger partial charge is 0.254 e. The maximum absolute atomic E-state index is 13.4. The molecule has 0 radical (unpaired) electrons. The van der Waals surface area contributed by atoms with E-state index in [0.29, 0.717) is 43.8 Å². The summed E-state index contributed by atoms with van der Waals surface area (Å²) in [7, 11) is 0. The predicted octanol–water partition coefficient (Wildman–Crippen LogP) is 2.53. The molecule has 7 nitrogen and oxygen atoms in total. The average Bonchev–Trinajstić information content (AvgIpc) is 3.38. The number of hydrogen-bond donors (Lipinski definition) is 2. The van der Waals surface area contributed by atoms with Crippen molar-refractivity contribution < 1.29 is 23.8 Å². The molecule has 2 atom stereocenters. The van der Waals surface area contributed by atoms with Gasteiger partial charge in [0, 0.05) is 42.9 Å². The fourth-order valence-corrected chi connectivity index (χ4v) is 4.19. The van der Waals surface area contributed by atoms with E-state index >= 15 is 0 Å². The number of nitrogens with zero attached hydrogens (tertiary/aromatic N) is 2. The molecule has 0 aromatic heterocycles. The molecule has 0 bridgehead atoms. The third kappa shape index (κ3) is 3.61. The van der Waals surface area contributed by atoms with Crippen LogP contribution in [0.4, 0.5) is 10.1 Å². The van der Waals surface area contributed by atoms with Crippen LogP contribution in [0.2, 0.25) is 0 Å². The molecule has 2 aliphatic heterocycles. The lowest BCUT2D eigenvalue weighted by Gasteiger charge is -2.40. The van der Waals surface area contributed by atoms with Crippen molar-refractivity contribution in [2.75, 3.05) is 25.0 Å². The van der Waals surface area contributed by atoms with E-state index in [1.54, 1.807) is 28.0 Å². The van der Waals surface area contributed by atoms with Crippen molar-refractivity contribution in [1.82, 2.24) is 9.80 Å². The van der Waals surface area contributed by atoms with Crippen molar-refractivity contribution in [3.63, 3.8) is 0 Å². The number of amides is 2. The van der Waals surface area contributed by atoms with E-state index in [1.807, 2.05) is 19.1 Å². The van der Waals surface area contributed by atoms with Crippen molar-refractivity contribution in [1.29, 1.82) is 0 Å². The van der Waals surface area contributed by atoms with Crippen LogP contribution in [-0.4, -0.2) is 58.0 Å². The Bertz CT molecular complexity index is 1040. The van der Waals surface area contributed by atoms with Crippen molar-refractivity contribution in [3.05, 3.63) is 59.4 Å². The summed E-state index contributed by atoms with van der Waals surface area (Å²) in [4.78, 5) is 28.8. The Kier molecular flexibility index (Phi) is 4.62. The highest BCUT2D eigenvalue weighted by atomic mass is 19.1. The third-order valence-electron chi connectivity index (χ3n) is 6.23. The maximum atomic E-state index is 13.4. The zero-order valence-electron chi connectivity index (χ0n) is 17.2. The van der Waals surface area contributed by atoms with Gasteiger partial charge in [0.05, 0.1) is 5.69 Å². The minimum atomic E-state index is -1.18. The Morgan fingerprint density at radius 2 is 1.90 bits per heavy atom. The minimum Gasteiger partial charge on any atom is -0.464 e. The van der Waals surface area contributed by atoms with E-state index in [4.69, 9.17) is 4.74 Å². The molecule has 1 saturated heterocycles. The molecular formula is C23H24FN3O4. The molecule has 3 aliphatic rings. The number of rotatable bonds is 3. The molecule has 2 aromatic rings. The maximum Gasteiger partial charge on any atom is 0.254 e. The van der Waals surface area contributed by atoms with Crippen LogP contribution in [-0.2, 0) is 4.79 Å². The number of hydrogen-bond acceptors (Lipinski definition) is 5. The van der Waals surface area contributed by atoms with E-state index in [-0.39, 0.29) is 23.7 Å². The molecule has 5 rings (SSSR count). The molecule has 2 amide bonds. The Balaban J connectivity index is 1.22. The quantitative estimate of drug-likeness (QED) is 0.790. The van der Waals surface area contributed by atoms with Gasteiger partial charge in [0.25, 0.3) is 11.8 Å². The van der Waals surface area contributed by atoms with E-state index in [1.165, 1.54) is 12.1 Å². The standard InChI is InChI=1S/C23H24FN3O4/c1-14-13-26(10-11-27(14)22(29)23(30)8-9-23)21(28)16-4-2-15(3-5-16)20-25-18-7-6-17(24)12-19(18)31-20/h2-7,12,14,20,25,30H,8-11,13H2,1H3/t14-,20?/m0/s1. The summed E-state index contributed by atoms with van der Waals surface area (Å²) in [5, 5.41) is 13.3. The van der Waals surface area contributed by atoms with Gasteiger partial charge in [0.2, 0.25) is 0 Å². The second kappa shape index (κ2) is 7.23. The van der Waals surface area contributed by atoms with Gasteiger partial charge >= 0.3 is 0 Å². The largest absolute Gasteiger partial charge is 0.464 e. The zero-order chi connectivity index (χ0) is 21.8. The summed E-state index contributed by atoms with van der Waals surface area (Å²) in [6.07, 6.45) is 0.594. The Hall–Kier alpha value is -3.13. The zero-order valence-corrected chi connectivity index (χ0v) is 17.2. The van der Waals surface area contributed by atoms with Crippen molar-refractivity contribution in [2.24, 2.45) is 0 Å². The van der Waals surface area contributed by atoms with E-state index in [9.17, 15) is 19.1 Å². The van der Waals surface area contributed by atoms with Crippen LogP contribution in [0, 0.1) is 5.82 Å². The van der Waals surface area contributed by atoms with Crippen LogP contribution in [0.3, 0.4) is 0 Å². The Morgan fingerprint density at radius 3 is 2.58 bits per heavy atom. The highest BCUT2D eigenvalue weighted by molar-refractivity contribution is 5.94. The number of benzene rings is 2. The van der Waals surface area contributed by atoms with Gasteiger partial charge in [0.15, 0.2) is 6.23 Å². The number of aliphatic hydroxyl groups is 1. The van der Waals surface area contributed by atoms with Crippen LogP contribution in [0.1, 0.15) is 41.9 Å². The molecule has 0 spiro atoms. The first-order valence-corrected chi connectivity index (χ1v) is 10.5. The third-order valence-corrected chi connectivity index (χ3v) is 6.23. The van der Waals surface area contributed by atoms with Gasteiger partial charge in [-0.3, -0.25) is 9.59 Å². The first-order chi connectivity index (χ1) is 14.8. The van der Waals surface area contributed by atoms with E-state index in [0.717, 1.165) is 11.3 Å². The number of piperazine rings is 1. The van der Waals surface area contributed by atoms with Gasteiger partial charge in [-0.15, -0.1) is 0 Å². The number of ether oxygens (including phenoxy) is 1. The van der Waals surface area contributed by atoms with Gasteiger partial charge in [-0.05, 0) is 44.0 Å². The highest BCUT2D eigenvalue weighted by Crippen LogP contribution is 2.39. The SMILES string of the molecule is C[C@H]1CN(C(=O)c2ccc(C3Nc4ccc(F)cc4O3)cc2)CCN1C(=O)C1(O)CC1. The summed E-state index contributed by atoms with van der Waals surface area (Å²) in [5.41, 5.74) is 0.925. The molecule has 8 heteroatoms. The van der Waals surface area contributed by atoms with Crippen LogP contribution < -0.4 is 10.1 Å². The highest BCUT2D eigenvalue weighted by Gasteiger charge is 2.51. The Morgan fingerprint density at radius 1 is 1.16 bits per heavy atom. The lowest BCUT2D eigenvalue weighted by atomic mass is 10.1. The van der Waals surface area contributed by atoms with Crippen LogP contribution in [0.25, 0.3) is 0 Å². The number of anilines is 1. The summed E-state index contributed by atoms with van der Waals surface area (Å²) in [6.45, 7) is 3.17. The second-order valence-electron chi connectivity index (χ2n) is 8.54. The van der Waals surface area contributed by atoms with E-state index in [2.05, 4.69) is 5.32 Å². The first kappa shape index (κ1) is 19.8. The fraction of sp³-hybridized carbons (Fsp3) is 0.391. The van der Waals surface area contributed by atoms with Crippen molar-refractivity contribution in [3.8, 4) is 5.75 Å². The number of nitrogens with one attached hydrogen (secondary N) is 1. The molecule has 1 unspecified atom stereocenters. The summed E-state index contributed by atoms with van der Waals surface area (Å²) >= 11 is 0. The van der Waals surface area contributed by atoms with Crippen LogP contribution in [0.5, 0.6) is 5.75 Å². The summed E-state index contributed by atoms with van der Waals surface area (Å²) in [6, 6.07) is 11.3. The van der Waals surface area contributed by atoms with E-state index < -0.39 is 11.8 Å². The van der Waals surface area contributed by atoms with Gasteiger partial charge in [-0.2, -0.15) is 0 Å². The number of carbonyl (C=O) groups is 2. The van der Waals surface area contributed by atoms with Crippen LogP contribution in [0.15, 0.2) is 42.5 Å². The molecular weight excluding hydrogens is 401 g/mol. The minimum absolute atomic E-state index is 0.0960. The fourth-order valence-electron chi connectivity index (χ4n) is 4.19. The molecule has 31 heavy (non-hydrogen) atoms. The van der Waals surface area contributed by atoms with Gasteiger partial charge < -0.3 is 25.0 Å². The topological polar surface area (TPSA) is 82.1 Å².